The topological polar surface area (TPSA) is 97.4 Å². The predicted octanol–water partition coefficient (Wildman–Crippen LogP) is 5.57. The van der Waals surface area contributed by atoms with Crippen molar-refractivity contribution in [3.05, 3.63) is 70.4 Å². The van der Waals surface area contributed by atoms with Gasteiger partial charge in [0.25, 0.3) is 5.69 Å². The van der Waals surface area contributed by atoms with Crippen LogP contribution in [0.3, 0.4) is 0 Å². The van der Waals surface area contributed by atoms with Crippen molar-refractivity contribution in [3.63, 3.8) is 0 Å². The SMILES string of the molecule is C=COC(=O)CCN(CC)c1ccc(N=Nc2ccc([N+](=O)[O-])cc2Cl)cc1. The van der Waals surface area contributed by atoms with Crippen LogP contribution in [0.1, 0.15) is 13.3 Å². The smallest absolute Gasteiger partial charge is 0.312 e. The number of hydrogen-bond acceptors (Lipinski definition) is 7. The summed E-state index contributed by atoms with van der Waals surface area (Å²) < 4.78 is 4.72. The number of carbonyl (C=O) groups is 1. The lowest BCUT2D eigenvalue weighted by Crippen LogP contribution is -2.25. The second-order valence-electron chi connectivity index (χ2n) is 5.60. The van der Waals surface area contributed by atoms with E-state index in [-0.39, 0.29) is 23.1 Å². The zero-order valence-corrected chi connectivity index (χ0v) is 16.0. The Morgan fingerprint density at radius 3 is 2.57 bits per heavy atom. The maximum atomic E-state index is 11.5. The zero-order chi connectivity index (χ0) is 20.5. The molecule has 0 radical (unpaired) electrons. The van der Waals surface area contributed by atoms with Crippen molar-refractivity contribution in [3.8, 4) is 0 Å². The van der Waals surface area contributed by atoms with E-state index in [0.717, 1.165) is 18.5 Å². The van der Waals surface area contributed by atoms with Gasteiger partial charge in [0.15, 0.2) is 0 Å². The molecule has 2 aromatic carbocycles. The summed E-state index contributed by atoms with van der Waals surface area (Å²) in [6.07, 6.45) is 1.37. The van der Waals surface area contributed by atoms with Crippen molar-refractivity contribution in [2.24, 2.45) is 10.2 Å². The van der Waals surface area contributed by atoms with Crippen molar-refractivity contribution < 1.29 is 14.5 Å². The first kappa shape index (κ1) is 21.0. The molecule has 0 amide bonds. The van der Waals surface area contributed by atoms with Crippen LogP contribution in [0.4, 0.5) is 22.7 Å². The molecule has 0 atom stereocenters. The maximum Gasteiger partial charge on any atom is 0.312 e. The summed E-state index contributed by atoms with van der Waals surface area (Å²) in [7, 11) is 0. The van der Waals surface area contributed by atoms with Gasteiger partial charge >= 0.3 is 5.97 Å². The molecule has 0 N–H and O–H groups in total. The van der Waals surface area contributed by atoms with Gasteiger partial charge in [0.2, 0.25) is 0 Å². The minimum atomic E-state index is -0.526. The third-order valence-electron chi connectivity index (χ3n) is 3.81. The summed E-state index contributed by atoms with van der Waals surface area (Å²) in [5, 5.41) is 19.0. The normalized spacial score (nSPS) is 10.6. The highest BCUT2D eigenvalue weighted by molar-refractivity contribution is 6.33. The molecule has 0 saturated carbocycles. The molecule has 0 aromatic heterocycles. The Labute approximate surface area is 167 Å². The molecule has 8 nitrogen and oxygen atoms in total. The van der Waals surface area contributed by atoms with Gasteiger partial charge in [-0.2, -0.15) is 5.11 Å². The molecule has 0 heterocycles. The molecule has 0 aliphatic carbocycles. The molecule has 0 aliphatic rings. The number of nitro benzene ring substituents is 1. The van der Waals surface area contributed by atoms with Gasteiger partial charge in [0.1, 0.15) is 5.69 Å². The summed E-state index contributed by atoms with van der Waals surface area (Å²) in [5.41, 5.74) is 1.76. The summed E-state index contributed by atoms with van der Waals surface area (Å²) in [6, 6.07) is 11.3. The molecule has 0 fully saturated rings. The summed E-state index contributed by atoms with van der Waals surface area (Å²) in [5.74, 6) is -0.334. The third-order valence-corrected chi connectivity index (χ3v) is 4.12. The monoisotopic (exact) mass is 402 g/mol. The maximum absolute atomic E-state index is 11.5. The minimum absolute atomic E-state index is 0.107. The van der Waals surface area contributed by atoms with E-state index in [4.69, 9.17) is 16.3 Å². The number of non-ortho nitro benzene ring substituents is 1. The van der Waals surface area contributed by atoms with Crippen LogP contribution in [0.25, 0.3) is 0 Å². The Balaban J connectivity index is 2.05. The van der Waals surface area contributed by atoms with Crippen molar-refractivity contribution in [2.45, 2.75) is 13.3 Å². The molecular formula is C19H19ClN4O4. The third kappa shape index (κ3) is 5.88. The number of azo groups is 1. The first-order chi connectivity index (χ1) is 13.4. The van der Waals surface area contributed by atoms with Gasteiger partial charge in [-0.05, 0) is 37.3 Å². The number of hydrogen-bond donors (Lipinski definition) is 0. The molecular weight excluding hydrogens is 384 g/mol. The van der Waals surface area contributed by atoms with E-state index < -0.39 is 4.92 Å². The second kappa shape index (κ2) is 10.2. The Bertz CT molecular complexity index is 884. The average Bonchev–Trinajstić information content (AvgIpc) is 2.68. The highest BCUT2D eigenvalue weighted by Crippen LogP contribution is 2.30. The number of halogens is 1. The van der Waals surface area contributed by atoms with E-state index in [9.17, 15) is 14.9 Å². The fourth-order valence-corrected chi connectivity index (χ4v) is 2.59. The fourth-order valence-electron chi connectivity index (χ4n) is 2.38. The zero-order valence-electron chi connectivity index (χ0n) is 15.2. The van der Waals surface area contributed by atoms with Crippen LogP contribution in [0.2, 0.25) is 5.02 Å². The van der Waals surface area contributed by atoms with E-state index in [2.05, 4.69) is 16.8 Å². The summed E-state index contributed by atoms with van der Waals surface area (Å²) >= 11 is 6.00. The molecule has 146 valence electrons. The minimum Gasteiger partial charge on any atom is -0.435 e. The summed E-state index contributed by atoms with van der Waals surface area (Å²) in [4.78, 5) is 23.7. The van der Waals surface area contributed by atoms with E-state index in [1.807, 2.05) is 24.0 Å². The lowest BCUT2D eigenvalue weighted by molar-refractivity contribution is -0.384. The molecule has 0 bridgehead atoms. The molecule has 28 heavy (non-hydrogen) atoms. The predicted molar refractivity (Wildman–Crippen MR) is 108 cm³/mol. The molecule has 0 saturated heterocycles. The van der Waals surface area contributed by atoms with Gasteiger partial charge in [0.05, 0.1) is 28.3 Å². The first-order valence-electron chi connectivity index (χ1n) is 8.45. The molecule has 0 spiro atoms. The first-order valence-corrected chi connectivity index (χ1v) is 8.83. The number of nitrogens with zero attached hydrogens (tertiary/aromatic N) is 4. The van der Waals surface area contributed by atoms with E-state index in [1.165, 1.54) is 18.2 Å². The van der Waals surface area contributed by atoms with Gasteiger partial charge in [-0.25, -0.2) is 0 Å². The van der Waals surface area contributed by atoms with Crippen LogP contribution in [-0.2, 0) is 9.53 Å². The number of rotatable bonds is 9. The second-order valence-corrected chi connectivity index (χ2v) is 6.00. The largest absolute Gasteiger partial charge is 0.435 e. The molecule has 0 aliphatic heterocycles. The molecule has 9 heteroatoms. The number of nitro groups is 1. The number of carbonyl (C=O) groups excluding carboxylic acids is 1. The van der Waals surface area contributed by atoms with Gasteiger partial charge in [-0.15, -0.1) is 5.11 Å². The average molecular weight is 403 g/mol. The highest BCUT2D eigenvalue weighted by Gasteiger charge is 2.10. The standard InChI is InChI=1S/C19H19ClN4O4/c1-3-23(12-11-19(25)28-4-2)15-7-5-14(6-8-15)21-22-18-10-9-16(24(26)27)13-17(18)20/h4-10,13H,2-3,11-12H2,1H3. The van der Waals surface area contributed by atoms with Crippen LogP contribution in [0, 0.1) is 10.1 Å². The van der Waals surface area contributed by atoms with Gasteiger partial charge < -0.3 is 9.64 Å². The molecule has 2 aromatic rings. The van der Waals surface area contributed by atoms with Gasteiger partial charge in [-0.3, -0.25) is 14.9 Å². The van der Waals surface area contributed by atoms with Crippen molar-refractivity contribution >= 4 is 40.3 Å². The summed E-state index contributed by atoms with van der Waals surface area (Å²) in [6.45, 7) is 6.59. The van der Waals surface area contributed by atoms with Crippen LogP contribution in [0.5, 0.6) is 0 Å². The Kier molecular flexibility index (Phi) is 7.65. The number of benzene rings is 2. The van der Waals surface area contributed by atoms with Gasteiger partial charge in [0, 0.05) is 30.9 Å². The van der Waals surface area contributed by atoms with E-state index >= 15 is 0 Å². The van der Waals surface area contributed by atoms with Gasteiger partial charge in [-0.1, -0.05) is 18.2 Å². The van der Waals surface area contributed by atoms with Crippen molar-refractivity contribution in [2.75, 3.05) is 18.0 Å². The Hall–Kier alpha value is -3.26. The molecule has 2 rings (SSSR count). The number of anilines is 1. The molecule has 0 unspecified atom stereocenters. The lowest BCUT2D eigenvalue weighted by Gasteiger charge is -2.22. The quantitative estimate of drug-likeness (QED) is 0.179. The number of esters is 1. The highest BCUT2D eigenvalue weighted by atomic mass is 35.5. The van der Waals surface area contributed by atoms with Crippen molar-refractivity contribution in [1.82, 2.24) is 0 Å². The van der Waals surface area contributed by atoms with Crippen LogP contribution in [0.15, 0.2) is 65.5 Å². The van der Waals surface area contributed by atoms with Crippen molar-refractivity contribution in [1.29, 1.82) is 0 Å². The fraction of sp³-hybridized carbons (Fsp3) is 0.211. The van der Waals surface area contributed by atoms with Crippen LogP contribution in [-0.4, -0.2) is 24.0 Å². The lowest BCUT2D eigenvalue weighted by atomic mass is 10.2. The van der Waals surface area contributed by atoms with E-state index in [1.54, 1.807) is 12.1 Å². The van der Waals surface area contributed by atoms with E-state index in [0.29, 0.717) is 17.9 Å². The van der Waals surface area contributed by atoms with Crippen LogP contribution < -0.4 is 4.90 Å². The Morgan fingerprint density at radius 1 is 1.29 bits per heavy atom. The Morgan fingerprint density at radius 2 is 2.00 bits per heavy atom. The number of ether oxygens (including phenoxy) is 1. The van der Waals surface area contributed by atoms with Crippen LogP contribution >= 0.6 is 11.6 Å².